The molecule has 6 heteroatoms. The molecule has 23 heavy (non-hydrogen) atoms. The van der Waals surface area contributed by atoms with E-state index in [-0.39, 0.29) is 17.7 Å². The van der Waals surface area contributed by atoms with Crippen LogP contribution in [0.25, 0.3) is 0 Å². The Kier molecular flexibility index (Phi) is 4.50. The van der Waals surface area contributed by atoms with E-state index in [1.54, 1.807) is 18.2 Å². The molecule has 0 bridgehead atoms. The minimum Gasteiger partial charge on any atom is -0.337 e. The molecule has 0 aliphatic carbocycles. The van der Waals surface area contributed by atoms with E-state index in [0.717, 1.165) is 25.9 Å². The maximum Gasteiger partial charge on any atom is 0.272 e. The minimum absolute atomic E-state index is 0.0822. The number of carbonyl (C=O) groups is 1. The summed E-state index contributed by atoms with van der Waals surface area (Å²) in [6.07, 6.45) is 3.71. The molecule has 0 radical (unpaired) electrons. The summed E-state index contributed by atoms with van der Waals surface area (Å²) >= 11 is 0. The van der Waals surface area contributed by atoms with Gasteiger partial charge in [-0.3, -0.25) is 4.79 Å². The Morgan fingerprint density at radius 1 is 1.39 bits per heavy atom. The first-order valence-corrected chi connectivity index (χ1v) is 7.77. The van der Waals surface area contributed by atoms with Gasteiger partial charge in [0, 0.05) is 25.0 Å². The number of anilines is 2. The minimum atomic E-state index is -0.343. The molecule has 0 spiro atoms. The van der Waals surface area contributed by atoms with Gasteiger partial charge in [0.1, 0.15) is 11.5 Å². The van der Waals surface area contributed by atoms with E-state index in [1.165, 1.54) is 18.3 Å². The van der Waals surface area contributed by atoms with Crippen LogP contribution in [0, 0.1) is 11.7 Å². The highest BCUT2D eigenvalue weighted by Gasteiger charge is 2.23. The number of piperidine rings is 1. The Balaban J connectivity index is 1.75. The molecular formula is C17H19FN4O. The van der Waals surface area contributed by atoms with Crippen LogP contribution in [0.2, 0.25) is 0 Å². The van der Waals surface area contributed by atoms with Crippen LogP contribution in [0.3, 0.4) is 0 Å². The zero-order valence-electron chi connectivity index (χ0n) is 13.0. The van der Waals surface area contributed by atoms with Crippen molar-refractivity contribution in [1.29, 1.82) is 0 Å². The average molecular weight is 314 g/mol. The van der Waals surface area contributed by atoms with Crippen molar-refractivity contribution in [2.45, 2.75) is 19.8 Å². The second-order valence-electron chi connectivity index (χ2n) is 5.90. The van der Waals surface area contributed by atoms with E-state index >= 15 is 0 Å². The molecule has 1 amide bonds. The summed E-state index contributed by atoms with van der Waals surface area (Å²) in [6.45, 7) is 3.67. The number of halogens is 1. The van der Waals surface area contributed by atoms with Gasteiger partial charge in [0.15, 0.2) is 0 Å². The second-order valence-corrected chi connectivity index (χ2v) is 5.90. The SMILES string of the molecule is CC1CCCN(C(=O)c2ccnc(Nc3cccc(F)c3)n2)C1. The van der Waals surface area contributed by atoms with E-state index in [1.807, 2.05) is 4.90 Å². The van der Waals surface area contributed by atoms with Crippen molar-refractivity contribution >= 4 is 17.5 Å². The third-order valence-corrected chi connectivity index (χ3v) is 3.90. The molecule has 1 aliphatic heterocycles. The highest BCUT2D eigenvalue weighted by molar-refractivity contribution is 5.92. The van der Waals surface area contributed by atoms with Gasteiger partial charge in [-0.2, -0.15) is 0 Å². The van der Waals surface area contributed by atoms with Crippen LogP contribution in [-0.4, -0.2) is 33.9 Å². The van der Waals surface area contributed by atoms with Gasteiger partial charge < -0.3 is 10.2 Å². The van der Waals surface area contributed by atoms with Crippen molar-refractivity contribution in [2.24, 2.45) is 5.92 Å². The van der Waals surface area contributed by atoms with Crippen LogP contribution in [0.15, 0.2) is 36.5 Å². The molecule has 1 unspecified atom stereocenters. The van der Waals surface area contributed by atoms with Gasteiger partial charge >= 0.3 is 0 Å². The maximum atomic E-state index is 13.2. The number of nitrogens with zero attached hydrogens (tertiary/aromatic N) is 3. The lowest BCUT2D eigenvalue weighted by Crippen LogP contribution is -2.39. The van der Waals surface area contributed by atoms with Gasteiger partial charge in [0.05, 0.1) is 0 Å². The quantitative estimate of drug-likeness (QED) is 0.945. The molecule has 120 valence electrons. The first-order valence-electron chi connectivity index (χ1n) is 7.77. The molecule has 2 heterocycles. The molecule has 1 fully saturated rings. The highest BCUT2D eigenvalue weighted by atomic mass is 19.1. The molecule has 2 aromatic rings. The third-order valence-electron chi connectivity index (χ3n) is 3.90. The zero-order chi connectivity index (χ0) is 16.2. The van der Waals surface area contributed by atoms with Gasteiger partial charge in [-0.1, -0.05) is 13.0 Å². The lowest BCUT2D eigenvalue weighted by molar-refractivity contribution is 0.0677. The Hall–Kier alpha value is -2.50. The number of carbonyl (C=O) groups excluding carboxylic acids is 1. The number of rotatable bonds is 3. The summed E-state index contributed by atoms with van der Waals surface area (Å²) in [6, 6.07) is 7.64. The van der Waals surface area contributed by atoms with Gasteiger partial charge in [0.25, 0.3) is 5.91 Å². The van der Waals surface area contributed by atoms with Gasteiger partial charge in [0.2, 0.25) is 5.95 Å². The topological polar surface area (TPSA) is 58.1 Å². The fourth-order valence-corrected chi connectivity index (χ4v) is 2.77. The van der Waals surface area contributed by atoms with Crippen LogP contribution >= 0.6 is 0 Å². The highest BCUT2D eigenvalue weighted by Crippen LogP contribution is 2.18. The summed E-state index contributed by atoms with van der Waals surface area (Å²) in [5.74, 6) is 0.372. The van der Waals surface area contributed by atoms with Crippen molar-refractivity contribution in [1.82, 2.24) is 14.9 Å². The first kappa shape index (κ1) is 15.4. The Bertz CT molecular complexity index is 706. The van der Waals surface area contributed by atoms with Gasteiger partial charge in [-0.25, -0.2) is 14.4 Å². The number of hydrogen-bond donors (Lipinski definition) is 1. The third kappa shape index (κ3) is 3.83. The monoisotopic (exact) mass is 314 g/mol. The molecule has 0 saturated carbocycles. The number of nitrogens with one attached hydrogen (secondary N) is 1. The van der Waals surface area contributed by atoms with Crippen molar-refractivity contribution in [3.05, 3.63) is 48.0 Å². The average Bonchev–Trinajstić information content (AvgIpc) is 2.54. The zero-order valence-corrected chi connectivity index (χ0v) is 13.0. The molecule has 1 atom stereocenters. The van der Waals surface area contributed by atoms with Crippen molar-refractivity contribution in [3.8, 4) is 0 Å². The number of hydrogen-bond acceptors (Lipinski definition) is 4. The number of aromatic nitrogens is 2. The smallest absolute Gasteiger partial charge is 0.272 e. The summed E-state index contributed by atoms with van der Waals surface area (Å²) in [4.78, 5) is 22.7. The molecule has 1 aliphatic rings. The molecule has 1 aromatic heterocycles. The lowest BCUT2D eigenvalue weighted by Gasteiger charge is -2.30. The molecule has 5 nitrogen and oxygen atoms in total. The Labute approximate surface area is 134 Å². The Morgan fingerprint density at radius 3 is 3.04 bits per heavy atom. The molecule has 1 aromatic carbocycles. The summed E-state index contributed by atoms with van der Waals surface area (Å²) < 4.78 is 13.2. The Morgan fingerprint density at radius 2 is 2.26 bits per heavy atom. The molecule has 1 saturated heterocycles. The van der Waals surface area contributed by atoms with Crippen LogP contribution in [-0.2, 0) is 0 Å². The van der Waals surface area contributed by atoms with Crippen LogP contribution in [0.5, 0.6) is 0 Å². The molecule has 1 N–H and O–H groups in total. The summed E-state index contributed by atoms with van der Waals surface area (Å²) in [7, 11) is 0. The maximum absolute atomic E-state index is 13.2. The van der Waals surface area contributed by atoms with E-state index in [9.17, 15) is 9.18 Å². The summed E-state index contributed by atoms with van der Waals surface area (Å²) in [5, 5.41) is 2.92. The fourth-order valence-electron chi connectivity index (χ4n) is 2.77. The van der Waals surface area contributed by atoms with Crippen molar-refractivity contribution in [3.63, 3.8) is 0 Å². The van der Waals surface area contributed by atoms with E-state index < -0.39 is 0 Å². The molecule has 3 rings (SSSR count). The van der Waals surface area contributed by atoms with E-state index in [4.69, 9.17) is 0 Å². The molecular weight excluding hydrogens is 295 g/mol. The van der Waals surface area contributed by atoms with Crippen LogP contribution < -0.4 is 5.32 Å². The lowest BCUT2D eigenvalue weighted by atomic mass is 10.00. The summed E-state index contributed by atoms with van der Waals surface area (Å²) in [5.41, 5.74) is 0.897. The van der Waals surface area contributed by atoms with E-state index in [0.29, 0.717) is 17.3 Å². The standard InChI is InChI=1S/C17H19FN4O/c1-12-4-3-9-22(11-12)16(23)15-7-8-19-17(21-15)20-14-6-2-5-13(18)10-14/h2,5-8,10,12H,3-4,9,11H2,1H3,(H,19,20,21). The largest absolute Gasteiger partial charge is 0.337 e. The van der Waals surface area contributed by atoms with Crippen molar-refractivity contribution in [2.75, 3.05) is 18.4 Å². The van der Waals surface area contributed by atoms with E-state index in [2.05, 4.69) is 22.2 Å². The predicted molar refractivity (Wildman–Crippen MR) is 86.0 cm³/mol. The normalized spacial score (nSPS) is 17.8. The van der Waals surface area contributed by atoms with Crippen LogP contribution in [0.1, 0.15) is 30.3 Å². The number of likely N-dealkylation sites (tertiary alicyclic amines) is 1. The van der Waals surface area contributed by atoms with Gasteiger partial charge in [-0.15, -0.1) is 0 Å². The van der Waals surface area contributed by atoms with Gasteiger partial charge in [-0.05, 0) is 43.0 Å². The number of benzene rings is 1. The first-order chi connectivity index (χ1) is 11.1. The predicted octanol–water partition coefficient (Wildman–Crippen LogP) is 3.23. The van der Waals surface area contributed by atoms with Crippen molar-refractivity contribution < 1.29 is 9.18 Å². The number of amides is 1. The fraction of sp³-hybridized carbons (Fsp3) is 0.353. The van der Waals surface area contributed by atoms with Crippen LogP contribution in [0.4, 0.5) is 16.0 Å². The second kappa shape index (κ2) is 6.73.